The fourth-order valence-corrected chi connectivity index (χ4v) is 2.60. The number of hydrogen-bond donors (Lipinski definition) is 2. The maximum Gasteiger partial charge on any atom is 0.259 e. The Morgan fingerprint density at radius 1 is 1.79 bits per heavy atom. The number of primary amides is 1. The Morgan fingerprint density at radius 2 is 2.57 bits per heavy atom. The molecule has 1 aromatic rings. The predicted molar refractivity (Wildman–Crippen MR) is 54.3 cm³/mol. The third kappa shape index (κ3) is 1.54. The summed E-state index contributed by atoms with van der Waals surface area (Å²) in [5, 5.41) is 5.03. The third-order valence-corrected chi connectivity index (χ3v) is 3.41. The van der Waals surface area contributed by atoms with Crippen LogP contribution in [-0.4, -0.2) is 19.2 Å². The summed E-state index contributed by atoms with van der Waals surface area (Å²) in [6, 6.07) is 0. The number of thiophene rings is 1. The second kappa shape index (κ2) is 3.68. The van der Waals surface area contributed by atoms with Gasteiger partial charge in [0.2, 0.25) is 0 Å². The monoisotopic (exact) mass is 212 g/mol. The second-order valence-corrected chi connectivity index (χ2v) is 4.16. The molecule has 2 heterocycles. The highest BCUT2D eigenvalue weighted by molar-refractivity contribution is 7.12. The van der Waals surface area contributed by atoms with Gasteiger partial charge in [-0.05, 0) is 17.9 Å². The fraction of sp³-hybridized carbons (Fsp3) is 0.444. The lowest BCUT2D eigenvalue weighted by molar-refractivity contribution is 0.0979. The van der Waals surface area contributed by atoms with Crippen molar-refractivity contribution in [3.8, 4) is 0 Å². The first-order chi connectivity index (χ1) is 6.70. The van der Waals surface area contributed by atoms with Gasteiger partial charge in [-0.3, -0.25) is 10.1 Å². The van der Waals surface area contributed by atoms with E-state index in [0.29, 0.717) is 11.6 Å². The largest absolute Gasteiger partial charge is 0.365 e. The van der Waals surface area contributed by atoms with Gasteiger partial charge < -0.3 is 10.5 Å². The SMILES string of the molecule is Cc1csc(C(N)=O)c1C1CNCO1. The number of carbonyl (C=O) groups is 1. The molecule has 0 radical (unpaired) electrons. The molecule has 1 aromatic heterocycles. The van der Waals surface area contributed by atoms with Crippen molar-refractivity contribution >= 4 is 17.2 Å². The van der Waals surface area contributed by atoms with Crippen molar-refractivity contribution in [3.05, 3.63) is 21.4 Å². The molecule has 0 bridgehead atoms. The van der Waals surface area contributed by atoms with Gasteiger partial charge in [-0.15, -0.1) is 11.3 Å². The molecule has 1 amide bonds. The Kier molecular flexibility index (Phi) is 2.54. The van der Waals surface area contributed by atoms with Crippen molar-refractivity contribution in [3.63, 3.8) is 0 Å². The Bertz CT molecular complexity index is 356. The van der Waals surface area contributed by atoms with Gasteiger partial charge in [0.05, 0.1) is 17.7 Å². The van der Waals surface area contributed by atoms with E-state index >= 15 is 0 Å². The number of hydrogen-bond acceptors (Lipinski definition) is 4. The fourth-order valence-electron chi connectivity index (χ4n) is 1.64. The first kappa shape index (κ1) is 9.64. The smallest absolute Gasteiger partial charge is 0.259 e. The summed E-state index contributed by atoms with van der Waals surface area (Å²) in [5.74, 6) is -0.367. The molecule has 0 spiro atoms. The van der Waals surface area contributed by atoms with Crippen LogP contribution in [0.15, 0.2) is 5.38 Å². The van der Waals surface area contributed by atoms with Crippen LogP contribution < -0.4 is 11.1 Å². The van der Waals surface area contributed by atoms with Crippen molar-refractivity contribution < 1.29 is 9.53 Å². The minimum atomic E-state index is -0.367. The molecule has 76 valence electrons. The van der Waals surface area contributed by atoms with E-state index in [1.807, 2.05) is 12.3 Å². The van der Waals surface area contributed by atoms with Crippen LogP contribution in [0.25, 0.3) is 0 Å². The summed E-state index contributed by atoms with van der Waals surface area (Å²) in [6.45, 7) is 3.26. The summed E-state index contributed by atoms with van der Waals surface area (Å²) in [7, 11) is 0. The quantitative estimate of drug-likeness (QED) is 0.761. The second-order valence-electron chi connectivity index (χ2n) is 3.28. The molecule has 5 heteroatoms. The lowest BCUT2D eigenvalue weighted by Crippen LogP contribution is -2.15. The zero-order valence-electron chi connectivity index (χ0n) is 7.87. The van der Waals surface area contributed by atoms with E-state index in [1.54, 1.807) is 0 Å². The van der Waals surface area contributed by atoms with Crippen LogP contribution in [0.5, 0.6) is 0 Å². The summed E-state index contributed by atoms with van der Waals surface area (Å²) in [4.78, 5) is 11.8. The van der Waals surface area contributed by atoms with Gasteiger partial charge in [0, 0.05) is 12.1 Å². The molecule has 1 aliphatic rings. The Hall–Kier alpha value is -0.910. The molecule has 1 aliphatic heterocycles. The molecule has 1 atom stereocenters. The van der Waals surface area contributed by atoms with Gasteiger partial charge in [-0.1, -0.05) is 0 Å². The highest BCUT2D eigenvalue weighted by atomic mass is 32.1. The van der Waals surface area contributed by atoms with E-state index in [1.165, 1.54) is 11.3 Å². The number of ether oxygens (including phenoxy) is 1. The van der Waals surface area contributed by atoms with Crippen molar-refractivity contribution in [1.82, 2.24) is 5.32 Å². The number of nitrogens with one attached hydrogen (secondary N) is 1. The van der Waals surface area contributed by atoms with Crippen LogP contribution in [0.1, 0.15) is 26.9 Å². The van der Waals surface area contributed by atoms with Crippen LogP contribution in [0.2, 0.25) is 0 Å². The Balaban J connectivity index is 2.38. The van der Waals surface area contributed by atoms with Crippen LogP contribution in [0.4, 0.5) is 0 Å². The van der Waals surface area contributed by atoms with Crippen LogP contribution in [0.3, 0.4) is 0 Å². The van der Waals surface area contributed by atoms with Gasteiger partial charge >= 0.3 is 0 Å². The maximum atomic E-state index is 11.1. The van der Waals surface area contributed by atoms with E-state index in [-0.39, 0.29) is 12.0 Å². The van der Waals surface area contributed by atoms with Crippen molar-refractivity contribution in [1.29, 1.82) is 0 Å². The lowest BCUT2D eigenvalue weighted by atomic mass is 10.1. The highest BCUT2D eigenvalue weighted by Gasteiger charge is 2.25. The van der Waals surface area contributed by atoms with Gasteiger partial charge in [-0.2, -0.15) is 0 Å². The first-order valence-electron chi connectivity index (χ1n) is 4.40. The summed E-state index contributed by atoms with van der Waals surface area (Å²) in [5.41, 5.74) is 7.32. The molecule has 1 unspecified atom stereocenters. The minimum absolute atomic E-state index is 0.0243. The Morgan fingerprint density at radius 3 is 3.14 bits per heavy atom. The number of rotatable bonds is 2. The van der Waals surface area contributed by atoms with Crippen LogP contribution >= 0.6 is 11.3 Å². The molecule has 1 saturated heterocycles. The summed E-state index contributed by atoms with van der Waals surface area (Å²) in [6.07, 6.45) is -0.0243. The first-order valence-corrected chi connectivity index (χ1v) is 5.28. The van der Waals surface area contributed by atoms with Crippen molar-refractivity contribution in [2.75, 3.05) is 13.3 Å². The molecule has 1 fully saturated rings. The average molecular weight is 212 g/mol. The average Bonchev–Trinajstić information content (AvgIpc) is 2.71. The van der Waals surface area contributed by atoms with Crippen LogP contribution in [0, 0.1) is 6.92 Å². The van der Waals surface area contributed by atoms with E-state index in [4.69, 9.17) is 10.5 Å². The number of amides is 1. The molecule has 0 saturated carbocycles. The van der Waals surface area contributed by atoms with E-state index in [2.05, 4.69) is 5.32 Å². The molecule has 3 N–H and O–H groups in total. The molecule has 14 heavy (non-hydrogen) atoms. The normalized spacial score (nSPS) is 21.4. The molecule has 2 rings (SSSR count). The molecule has 0 aromatic carbocycles. The van der Waals surface area contributed by atoms with Crippen LogP contribution in [-0.2, 0) is 4.74 Å². The van der Waals surface area contributed by atoms with Gasteiger partial charge in [0.1, 0.15) is 0 Å². The van der Waals surface area contributed by atoms with Gasteiger partial charge in [-0.25, -0.2) is 0 Å². The zero-order valence-corrected chi connectivity index (χ0v) is 8.69. The van der Waals surface area contributed by atoms with E-state index < -0.39 is 0 Å². The van der Waals surface area contributed by atoms with Gasteiger partial charge in [0.15, 0.2) is 0 Å². The third-order valence-electron chi connectivity index (χ3n) is 2.29. The number of carbonyl (C=O) groups excluding carboxylic acids is 1. The van der Waals surface area contributed by atoms with Crippen molar-refractivity contribution in [2.45, 2.75) is 13.0 Å². The summed E-state index contributed by atoms with van der Waals surface area (Å²) >= 11 is 1.39. The van der Waals surface area contributed by atoms with E-state index in [9.17, 15) is 4.79 Å². The lowest BCUT2D eigenvalue weighted by Gasteiger charge is -2.09. The molecular formula is C9H12N2O2S. The zero-order chi connectivity index (χ0) is 10.1. The number of aryl methyl sites for hydroxylation is 1. The minimum Gasteiger partial charge on any atom is -0.365 e. The Labute approximate surface area is 86.1 Å². The highest BCUT2D eigenvalue weighted by Crippen LogP contribution is 2.31. The molecule has 0 aliphatic carbocycles. The van der Waals surface area contributed by atoms with Crippen molar-refractivity contribution in [2.24, 2.45) is 5.73 Å². The standard InChI is InChI=1S/C9H12N2O2S/c1-5-3-14-8(9(10)12)7(5)6-2-11-4-13-6/h3,6,11H,2,4H2,1H3,(H2,10,12). The molecule has 4 nitrogen and oxygen atoms in total. The van der Waals surface area contributed by atoms with E-state index in [0.717, 1.165) is 17.7 Å². The topological polar surface area (TPSA) is 64.4 Å². The summed E-state index contributed by atoms with van der Waals surface area (Å²) < 4.78 is 5.46. The molecular weight excluding hydrogens is 200 g/mol. The number of nitrogens with two attached hydrogens (primary N) is 1. The predicted octanol–water partition coefficient (Wildman–Crippen LogP) is 0.774. The maximum absolute atomic E-state index is 11.1. The van der Waals surface area contributed by atoms with Gasteiger partial charge in [0.25, 0.3) is 5.91 Å².